The van der Waals surface area contributed by atoms with E-state index in [0.717, 1.165) is 0 Å². The standard InChI is InChI=1S/C40H76N6O13/c1-19(2)11-25(44-35(55)13-27(47)23(9)42-33(53)16-31(51)39(41)21(5)6)29(49)15-37(57)46-40(22(7)8)32(52)17-34(54)43-24(10)28(48)14-36(56)45-26(12-20(3)4)30(50)18-38(58)59/h19-32,39-40,47-52H,11-18,41H2,1-10H3,(H,42,53)(H,43,54)(H,44,55)(H,45,56)(H,46,57)(H,58,59)/t23-,24-,25-,26-,27+,28+,29+,30+,31+,32+,39+,40+/m0/s1. The molecule has 19 nitrogen and oxygen atoms in total. The Hall–Kier alpha value is -3.46. The first kappa shape index (κ1) is 55.5. The average Bonchev–Trinajstić information content (AvgIpc) is 3.08. The van der Waals surface area contributed by atoms with Crippen molar-refractivity contribution in [1.82, 2.24) is 26.6 Å². The summed E-state index contributed by atoms with van der Waals surface area (Å²) in [4.78, 5) is 75.1. The molecule has 19 heteroatoms. The Morgan fingerprint density at radius 3 is 1.10 bits per heavy atom. The van der Waals surface area contributed by atoms with Crippen LogP contribution in [0.25, 0.3) is 0 Å². The van der Waals surface area contributed by atoms with E-state index >= 15 is 0 Å². The zero-order valence-corrected chi connectivity index (χ0v) is 36.6. The first-order valence-electron chi connectivity index (χ1n) is 20.7. The van der Waals surface area contributed by atoms with E-state index in [2.05, 4.69) is 26.6 Å². The van der Waals surface area contributed by atoms with Gasteiger partial charge in [0.1, 0.15) is 0 Å². The molecule has 0 fully saturated rings. The van der Waals surface area contributed by atoms with Gasteiger partial charge in [-0.15, -0.1) is 0 Å². The van der Waals surface area contributed by atoms with Crippen LogP contribution in [0.3, 0.4) is 0 Å². The number of nitrogens with one attached hydrogen (secondary N) is 5. The molecular weight excluding hydrogens is 772 g/mol. The predicted molar refractivity (Wildman–Crippen MR) is 219 cm³/mol. The van der Waals surface area contributed by atoms with Crippen molar-refractivity contribution in [3.8, 4) is 0 Å². The van der Waals surface area contributed by atoms with Gasteiger partial charge in [0.05, 0.1) is 105 Å². The van der Waals surface area contributed by atoms with Crippen LogP contribution in [0.4, 0.5) is 0 Å². The summed E-state index contributed by atoms with van der Waals surface area (Å²) in [6.07, 6.45) is -10.1. The van der Waals surface area contributed by atoms with Crippen LogP contribution in [-0.4, -0.2) is 144 Å². The normalized spacial score (nSPS) is 18.1. The maximum absolute atomic E-state index is 13.1. The monoisotopic (exact) mass is 849 g/mol. The smallest absolute Gasteiger partial charge is 0.306 e. The molecular formula is C40H76N6O13. The number of aliphatic hydroxyl groups is 6. The molecule has 0 bridgehead atoms. The van der Waals surface area contributed by atoms with E-state index in [1.54, 1.807) is 13.8 Å². The van der Waals surface area contributed by atoms with Gasteiger partial charge in [-0.25, -0.2) is 0 Å². The third-order valence-electron chi connectivity index (χ3n) is 10.0. The minimum absolute atomic E-state index is 0.0188. The van der Waals surface area contributed by atoms with Crippen molar-refractivity contribution >= 4 is 35.5 Å². The topological polar surface area (TPSA) is 330 Å². The molecule has 0 aliphatic carbocycles. The molecule has 0 aromatic rings. The SMILES string of the molecule is CC(C)C[C@H](NC(=O)C[C@@H](O)[C@H](C)NC(=O)C[C@@H](O)[C@H](NC(=O)C[C@@H](O)[C@H](CC(C)C)NC(=O)C[C@@H](O)[C@H](C)NC(=O)C[C@@H](O)[C@H](N)C(C)C)C(C)C)[C@H](O)CC(=O)O. The summed E-state index contributed by atoms with van der Waals surface area (Å²) < 4.78 is 0. The van der Waals surface area contributed by atoms with Crippen molar-refractivity contribution in [2.45, 2.75) is 193 Å². The summed E-state index contributed by atoms with van der Waals surface area (Å²) in [6.45, 7) is 17.3. The van der Waals surface area contributed by atoms with E-state index in [9.17, 15) is 59.4 Å². The van der Waals surface area contributed by atoms with Crippen molar-refractivity contribution in [2.75, 3.05) is 0 Å². The number of carboxylic acids is 1. The molecule has 344 valence electrons. The number of carbonyl (C=O) groups excluding carboxylic acids is 5. The summed E-state index contributed by atoms with van der Waals surface area (Å²) in [7, 11) is 0. The van der Waals surface area contributed by atoms with E-state index in [1.807, 2.05) is 41.5 Å². The number of aliphatic carboxylic acids is 1. The van der Waals surface area contributed by atoms with E-state index < -0.39 is 140 Å². The Labute approximate surface area is 349 Å². The Morgan fingerprint density at radius 1 is 0.424 bits per heavy atom. The Morgan fingerprint density at radius 2 is 0.746 bits per heavy atom. The van der Waals surface area contributed by atoms with E-state index in [1.165, 1.54) is 13.8 Å². The van der Waals surface area contributed by atoms with Crippen molar-refractivity contribution < 1.29 is 64.5 Å². The lowest BCUT2D eigenvalue weighted by Gasteiger charge is -2.30. The fraction of sp³-hybridized carbons (Fsp3) is 0.850. The summed E-state index contributed by atoms with van der Waals surface area (Å²) in [5, 5.41) is 85.7. The first-order valence-corrected chi connectivity index (χ1v) is 20.7. The van der Waals surface area contributed by atoms with E-state index in [-0.39, 0.29) is 36.5 Å². The van der Waals surface area contributed by atoms with Crippen LogP contribution in [0.2, 0.25) is 0 Å². The Balaban J connectivity index is 5.30. The molecule has 5 amide bonds. The largest absolute Gasteiger partial charge is 0.481 e. The quantitative estimate of drug-likeness (QED) is 0.0420. The maximum atomic E-state index is 13.1. The number of carboxylic acid groups (broad SMARTS) is 1. The van der Waals surface area contributed by atoms with Gasteiger partial charge in [-0.05, 0) is 50.4 Å². The number of hydrogen-bond acceptors (Lipinski definition) is 13. The van der Waals surface area contributed by atoms with Crippen LogP contribution in [-0.2, 0) is 28.8 Å². The van der Waals surface area contributed by atoms with Gasteiger partial charge in [0.2, 0.25) is 29.5 Å². The van der Waals surface area contributed by atoms with Crippen LogP contribution in [0, 0.1) is 23.7 Å². The van der Waals surface area contributed by atoms with Gasteiger partial charge in [-0.3, -0.25) is 28.8 Å². The van der Waals surface area contributed by atoms with Crippen LogP contribution in [0.5, 0.6) is 0 Å². The van der Waals surface area contributed by atoms with Gasteiger partial charge in [-0.2, -0.15) is 0 Å². The second kappa shape index (κ2) is 27.4. The number of amides is 5. The molecule has 0 unspecified atom stereocenters. The predicted octanol–water partition coefficient (Wildman–Crippen LogP) is -1.23. The van der Waals surface area contributed by atoms with Gasteiger partial charge < -0.3 is 68.1 Å². The number of hydrogen-bond donors (Lipinski definition) is 13. The molecule has 0 saturated heterocycles. The number of nitrogens with two attached hydrogens (primary N) is 1. The third kappa shape index (κ3) is 23.2. The zero-order valence-electron chi connectivity index (χ0n) is 36.6. The average molecular weight is 849 g/mol. The fourth-order valence-corrected chi connectivity index (χ4v) is 6.42. The molecule has 12 atom stereocenters. The second-order valence-electron chi connectivity index (χ2n) is 17.5. The van der Waals surface area contributed by atoms with Crippen LogP contribution < -0.4 is 32.3 Å². The van der Waals surface area contributed by atoms with Crippen molar-refractivity contribution in [3.63, 3.8) is 0 Å². The number of aliphatic hydroxyl groups excluding tert-OH is 6. The van der Waals surface area contributed by atoms with Crippen molar-refractivity contribution in [3.05, 3.63) is 0 Å². The van der Waals surface area contributed by atoms with Gasteiger partial charge in [-0.1, -0.05) is 55.4 Å². The van der Waals surface area contributed by atoms with Gasteiger partial charge in [0, 0.05) is 6.04 Å². The highest BCUT2D eigenvalue weighted by molar-refractivity contribution is 5.80. The molecule has 59 heavy (non-hydrogen) atoms. The minimum atomic E-state index is -1.40. The van der Waals surface area contributed by atoms with Crippen LogP contribution in [0.15, 0.2) is 0 Å². The van der Waals surface area contributed by atoms with Crippen LogP contribution in [0.1, 0.15) is 121 Å². The highest BCUT2D eigenvalue weighted by atomic mass is 16.4. The molecule has 0 rings (SSSR count). The first-order chi connectivity index (χ1) is 27.1. The summed E-state index contributed by atoms with van der Waals surface area (Å²) in [5.74, 6) is -4.91. The lowest BCUT2D eigenvalue weighted by molar-refractivity contribution is -0.140. The number of carbonyl (C=O) groups is 6. The molecule has 0 heterocycles. The molecule has 0 aromatic heterocycles. The second-order valence-corrected chi connectivity index (χ2v) is 17.5. The molecule has 0 radical (unpaired) electrons. The Kier molecular flexibility index (Phi) is 25.8. The molecule has 0 aliphatic rings. The lowest BCUT2D eigenvalue weighted by Crippen LogP contribution is -2.52. The minimum Gasteiger partial charge on any atom is -0.481 e. The highest BCUT2D eigenvalue weighted by Crippen LogP contribution is 2.16. The van der Waals surface area contributed by atoms with Crippen molar-refractivity contribution in [2.24, 2.45) is 29.4 Å². The molecule has 14 N–H and O–H groups in total. The molecule has 0 saturated carbocycles. The van der Waals surface area contributed by atoms with Crippen LogP contribution >= 0.6 is 0 Å². The Bertz CT molecular complexity index is 1320. The summed E-state index contributed by atoms with van der Waals surface area (Å²) in [6, 6.07) is -5.17. The lowest BCUT2D eigenvalue weighted by atomic mass is 9.94. The highest BCUT2D eigenvalue weighted by Gasteiger charge is 2.32. The molecule has 0 aliphatic heterocycles. The van der Waals surface area contributed by atoms with Gasteiger partial charge >= 0.3 is 5.97 Å². The summed E-state index contributed by atoms with van der Waals surface area (Å²) in [5.41, 5.74) is 5.90. The van der Waals surface area contributed by atoms with Gasteiger partial charge in [0.15, 0.2) is 0 Å². The summed E-state index contributed by atoms with van der Waals surface area (Å²) >= 11 is 0. The van der Waals surface area contributed by atoms with Crippen molar-refractivity contribution in [1.29, 1.82) is 0 Å². The van der Waals surface area contributed by atoms with E-state index in [0.29, 0.717) is 6.42 Å². The zero-order chi connectivity index (χ0) is 45.9. The fourth-order valence-electron chi connectivity index (χ4n) is 6.42. The molecule has 0 aromatic carbocycles. The third-order valence-corrected chi connectivity index (χ3v) is 10.0. The number of rotatable bonds is 29. The molecule has 0 spiro atoms. The van der Waals surface area contributed by atoms with E-state index in [4.69, 9.17) is 10.8 Å². The van der Waals surface area contributed by atoms with Gasteiger partial charge in [0.25, 0.3) is 0 Å². The maximum Gasteiger partial charge on any atom is 0.306 e.